The van der Waals surface area contributed by atoms with Gasteiger partial charge >= 0.3 is 0 Å². The number of rotatable bonds is 2. The van der Waals surface area contributed by atoms with Crippen molar-refractivity contribution in [1.82, 2.24) is 9.97 Å². The van der Waals surface area contributed by atoms with Gasteiger partial charge in [-0.3, -0.25) is 0 Å². The Bertz CT molecular complexity index is 584. The van der Waals surface area contributed by atoms with Crippen LogP contribution >= 0.6 is 34.2 Å². The monoisotopic (exact) mass is 377 g/mol. The van der Waals surface area contributed by atoms with Gasteiger partial charge in [0.2, 0.25) is 0 Å². The Morgan fingerprint density at radius 2 is 2.06 bits per heavy atom. The summed E-state index contributed by atoms with van der Waals surface area (Å²) in [7, 11) is 0. The number of hydrogen-bond acceptors (Lipinski definition) is 3. The number of benzene rings is 1. The number of nitrogen functional groups attached to an aromatic ring is 1. The number of aryl methyl sites for hydroxylation is 1. The highest BCUT2D eigenvalue weighted by atomic mass is 127. The van der Waals surface area contributed by atoms with Crippen molar-refractivity contribution in [3.8, 4) is 11.4 Å². The van der Waals surface area contributed by atoms with Crippen molar-refractivity contribution in [1.29, 1.82) is 0 Å². The van der Waals surface area contributed by atoms with E-state index in [1.807, 2.05) is 6.92 Å². The zero-order valence-electron chi connectivity index (χ0n) is 9.54. The maximum atomic E-state index is 13.3. The van der Waals surface area contributed by atoms with Crippen molar-refractivity contribution in [2.75, 3.05) is 5.73 Å². The molecule has 0 aliphatic heterocycles. The third kappa shape index (κ3) is 2.72. The SMILES string of the molecule is CCc1nc(-c2cc(F)cc(Cl)c2)nc(N)c1I. The van der Waals surface area contributed by atoms with Gasteiger partial charge in [0.25, 0.3) is 0 Å². The van der Waals surface area contributed by atoms with E-state index < -0.39 is 5.82 Å². The molecule has 6 heteroatoms. The highest BCUT2D eigenvalue weighted by Crippen LogP contribution is 2.25. The van der Waals surface area contributed by atoms with E-state index in [2.05, 4.69) is 32.6 Å². The highest BCUT2D eigenvalue weighted by Gasteiger charge is 2.11. The van der Waals surface area contributed by atoms with Gasteiger partial charge in [0.1, 0.15) is 11.6 Å². The topological polar surface area (TPSA) is 51.8 Å². The molecule has 0 saturated carbocycles. The van der Waals surface area contributed by atoms with Crippen LogP contribution in [0.2, 0.25) is 5.02 Å². The van der Waals surface area contributed by atoms with Crippen molar-refractivity contribution in [2.24, 2.45) is 0 Å². The van der Waals surface area contributed by atoms with Crippen LogP contribution in [0.4, 0.5) is 10.2 Å². The molecule has 1 heterocycles. The Morgan fingerprint density at radius 1 is 1.33 bits per heavy atom. The zero-order valence-corrected chi connectivity index (χ0v) is 12.5. The lowest BCUT2D eigenvalue weighted by atomic mass is 10.2. The molecule has 0 unspecified atom stereocenters. The summed E-state index contributed by atoms with van der Waals surface area (Å²) >= 11 is 7.92. The normalized spacial score (nSPS) is 10.7. The maximum absolute atomic E-state index is 13.3. The quantitative estimate of drug-likeness (QED) is 0.812. The number of nitrogens with zero attached hydrogens (tertiary/aromatic N) is 2. The smallest absolute Gasteiger partial charge is 0.161 e. The van der Waals surface area contributed by atoms with E-state index in [9.17, 15) is 4.39 Å². The third-order valence-electron chi connectivity index (χ3n) is 2.40. The Labute approximate surface area is 123 Å². The van der Waals surface area contributed by atoms with Crippen LogP contribution in [-0.4, -0.2) is 9.97 Å². The van der Waals surface area contributed by atoms with Crippen molar-refractivity contribution in [3.63, 3.8) is 0 Å². The first kappa shape index (κ1) is 13.5. The first-order valence-electron chi connectivity index (χ1n) is 5.29. The summed E-state index contributed by atoms with van der Waals surface area (Å²) in [5.41, 5.74) is 7.20. The first-order chi connectivity index (χ1) is 8.51. The molecule has 3 nitrogen and oxygen atoms in total. The molecular weight excluding hydrogens is 368 g/mol. The van der Waals surface area contributed by atoms with Crippen molar-refractivity contribution in [3.05, 3.63) is 38.3 Å². The van der Waals surface area contributed by atoms with E-state index >= 15 is 0 Å². The predicted molar refractivity (Wildman–Crippen MR) is 78.9 cm³/mol. The maximum Gasteiger partial charge on any atom is 0.161 e. The van der Waals surface area contributed by atoms with Crippen LogP contribution in [0.15, 0.2) is 18.2 Å². The van der Waals surface area contributed by atoms with Crippen LogP contribution in [-0.2, 0) is 6.42 Å². The molecule has 2 rings (SSSR count). The van der Waals surface area contributed by atoms with Crippen molar-refractivity contribution in [2.45, 2.75) is 13.3 Å². The molecule has 0 aliphatic rings. The van der Waals surface area contributed by atoms with Crippen LogP contribution in [0.3, 0.4) is 0 Å². The minimum Gasteiger partial charge on any atom is -0.383 e. The Kier molecular flexibility index (Phi) is 4.01. The summed E-state index contributed by atoms with van der Waals surface area (Å²) in [5, 5.41) is 0.309. The van der Waals surface area contributed by atoms with Crippen LogP contribution in [0.5, 0.6) is 0 Å². The van der Waals surface area contributed by atoms with Gasteiger partial charge in [-0.05, 0) is 47.2 Å². The van der Waals surface area contributed by atoms with E-state index in [0.29, 0.717) is 22.2 Å². The minimum absolute atomic E-state index is 0.309. The average molecular weight is 378 g/mol. The summed E-state index contributed by atoms with van der Waals surface area (Å²) in [6.45, 7) is 1.98. The molecule has 2 aromatic rings. The molecule has 0 radical (unpaired) electrons. The fraction of sp³-hybridized carbons (Fsp3) is 0.167. The summed E-state index contributed by atoms with van der Waals surface area (Å²) in [4.78, 5) is 8.55. The Morgan fingerprint density at radius 3 is 2.67 bits per heavy atom. The Balaban J connectivity index is 2.60. The van der Waals surface area contributed by atoms with E-state index in [1.54, 1.807) is 6.07 Å². The molecule has 1 aromatic heterocycles. The number of aromatic nitrogens is 2. The fourth-order valence-corrected chi connectivity index (χ4v) is 2.40. The molecule has 0 fully saturated rings. The molecule has 2 N–H and O–H groups in total. The molecule has 1 aromatic carbocycles. The van der Waals surface area contributed by atoms with Crippen LogP contribution < -0.4 is 5.73 Å². The van der Waals surface area contributed by atoms with Gasteiger partial charge in [-0.2, -0.15) is 0 Å². The van der Waals surface area contributed by atoms with Crippen molar-refractivity contribution < 1.29 is 4.39 Å². The number of hydrogen-bond donors (Lipinski definition) is 1. The second kappa shape index (κ2) is 5.36. The van der Waals surface area contributed by atoms with Gasteiger partial charge in [-0.1, -0.05) is 18.5 Å². The second-order valence-electron chi connectivity index (χ2n) is 3.70. The summed E-state index contributed by atoms with van der Waals surface area (Å²) in [6.07, 6.45) is 0.737. The Hall–Kier alpha value is -0.950. The molecule has 0 saturated heterocycles. The summed E-state index contributed by atoms with van der Waals surface area (Å²) in [5.74, 6) is 0.375. The summed E-state index contributed by atoms with van der Waals surface area (Å²) < 4.78 is 14.1. The highest BCUT2D eigenvalue weighted by molar-refractivity contribution is 14.1. The molecule has 0 aliphatic carbocycles. The number of halogens is 3. The largest absolute Gasteiger partial charge is 0.383 e. The second-order valence-corrected chi connectivity index (χ2v) is 5.22. The van der Waals surface area contributed by atoms with Gasteiger partial charge in [-0.25, -0.2) is 14.4 Å². The van der Waals surface area contributed by atoms with Gasteiger partial charge in [0.15, 0.2) is 5.82 Å². The van der Waals surface area contributed by atoms with Gasteiger partial charge in [0, 0.05) is 10.6 Å². The number of anilines is 1. The molecule has 0 spiro atoms. The lowest BCUT2D eigenvalue weighted by Crippen LogP contribution is -2.04. The minimum atomic E-state index is -0.420. The number of nitrogens with two attached hydrogens (primary N) is 1. The molecule has 94 valence electrons. The van der Waals surface area contributed by atoms with E-state index in [0.717, 1.165) is 15.7 Å². The van der Waals surface area contributed by atoms with Gasteiger partial charge in [0.05, 0.1) is 9.26 Å². The summed E-state index contributed by atoms with van der Waals surface area (Å²) in [6, 6.07) is 4.19. The molecule has 0 atom stereocenters. The van der Waals surface area contributed by atoms with Crippen LogP contribution in [0, 0.1) is 9.39 Å². The van der Waals surface area contributed by atoms with Crippen molar-refractivity contribution >= 4 is 40.0 Å². The first-order valence-corrected chi connectivity index (χ1v) is 6.75. The van der Waals surface area contributed by atoms with E-state index in [1.165, 1.54) is 12.1 Å². The molecule has 0 amide bonds. The zero-order chi connectivity index (χ0) is 13.3. The predicted octanol–water partition coefficient (Wildman–Crippen LogP) is 3.69. The third-order valence-corrected chi connectivity index (χ3v) is 3.79. The van der Waals surface area contributed by atoms with Crippen LogP contribution in [0.25, 0.3) is 11.4 Å². The molecule has 18 heavy (non-hydrogen) atoms. The van der Waals surface area contributed by atoms with E-state index in [-0.39, 0.29) is 0 Å². The standard InChI is InChI=1S/C12H10ClFIN3/c1-2-9-10(15)11(16)18-12(17-9)6-3-7(13)5-8(14)4-6/h3-5H,2H2,1H3,(H2,16,17,18). The lowest BCUT2D eigenvalue weighted by Gasteiger charge is -2.08. The molecular formula is C12H10ClFIN3. The van der Waals surface area contributed by atoms with Gasteiger partial charge in [-0.15, -0.1) is 0 Å². The molecule has 0 bridgehead atoms. The fourth-order valence-electron chi connectivity index (χ4n) is 1.56. The van der Waals surface area contributed by atoms with Gasteiger partial charge < -0.3 is 5.73 Å². The van der Waals surface area contributed by atoms with E-state index in [4.69, 9.17) is 17.3 Å². The lowest BCUT2D eigenvalue weighted by molar-refractivity contribution is 0.628. The van der Waals surface area contributed by atoms with Crippen LogP contribution in [0.1, 0.15) is 12.6 Å². The average Bonchev–Trinajstić information content (AvgIpc) is 2.31.